The zero-order valence-corrected chi connectivity index (χ0v) is 13.5. The summed E-state index contributed by atoms with van der Waals surface area (Å²) in [6.07, 6.45) is 2.71. The van der Waals surface area contributed by atoms with Crippen LogP contribution in [-0.4, -0.2) is 19.7 Å². The van der Waals surface area contributed by atoms with Gasteiger partial charge >= 0.3 is 0 Å². The molecule has 2 heterocycles. The molecule has 1 saturated heterocycles. The van der Waals surface area contributed by atoms with Crippen LogP contribution in [0.1, 0.15) is 38.4 Å². The van der Waals surface area contributed by atoms with E-state index in [9.17, 15) is 0 Å². The van der Waals surface area contributed by atoms with Crippen molar-refractivity contribution in [3.05, 3.63) is 20.8 Å². The molecule has 18 heavy (non-hydrogen) atoms. The average Bonchev–Trinajstić information content (AvgIpc) is 2.76. The van der Waals surface area contributed by atoms with Crippen LogP contribution in [0.4, 0.5) is 0 Å². The monoisotopic (exact) mass is 331 g/mol. The molecular formula is C14H22BrNOS. The third kappa shape index (κ3) is 3.80. The lowest BCUT2D eigenvalue weighted by Gasteiger charge is -2.32. The highest BCUT2D eigenvalue weighted by Gasteiger charge is 2.28. The molecule has 0 radical (unpaired) electrons. The fourth-order valence-corrected chi connectivity index (χ4v) is 3.99. The molecule has 1 aliphatic heterocycles. The Bertz CT molecular complexity index is 366. The molecular weight excluding hydrogens is 310 g/mol. The SMILES string of the molecule is CC(C)CNCC1CCCOC1c1cscc1Br. The smallest absolute Gasteiger partial charge is 0.0884 e. The number of hydrogen-bond donors (Lipinski definition) is 1. The van der Waals surface area contributed by atoms with Gasteiger partial charge in [0, 0.05) is 34.5 Å². The van der Waals surface area contributed by atoms with Gasteiger partial charge in [0.15, 0.2) is 0 Å². The van der Waals surface area contributed by atoms with E-state index in [2.05, 4.69) is 45.9 Å². The van der Waals surface area contributed by atoms with Crippen molar-refractivity contribution in [3.8, 4) is 0 Å². The van der Waals surface area contributed by atoms with E-state index in [0.29, 0.717) is 11.8 Å². The minimum absolute atomic E-state index is 0.263. The molecule has 1 aromatic heterocycles. The fourth-order valence-electron chi connectivity index (χ4n) is 2.45. The Morgan fingerprint density at radius 3 is 3.00 bits per heavy atom. The minimum atomic E-state index is 0.263. The molecule has 2 unspecified atom stereocenters. The highest BCUT2D eigenvalue weighted by molar-refractivity contribution is 9.10. The summed E-state index contributed by atoms with van der Waals surface area (Å²) in [5, 5.41) is 7.94. The van der Waals surface area contributed by atoms with Gasteiger partial charge in [0.1, 0.15) is 0 Å². The molecule has 4 heteroatoms. The second-order valence-electron chi connectivity index (χ2n) is 5.42. The predicted octanol–water partition coefficient (Wildman–Crippen LogP) is 4.22. The summed E-state index contributed by atoms with van der Waals surface area (Å²) < 4.78 is 7.21. The van der Waals surface area contributed by atoms with Gasteiger partial charge in [-0.15, -0.1) is 0 Å². The Kier molecular flexibility index (Phi) is 5.67. The molecule has 1 fully saturated rings. The number of halogens is 1. The first-order valence-corrected chi connectivity index (χ1v) is 8.46. The van der Waals surface area contributed by atoms with Crippen LogP contribution >= 0.6 is 27.3 Å². The van der Waals surface area contributed by atoms with Gasteiger partial charge in [0.25, 0.3) is 0 Å². The largest absolute Gasteiger partial charge is 0.373 e. The summed E-state index contributed by atoms with van der Waals surface area (Å²) in [5.41, 5.74) is 1.33. The van der Waals surface area contributed by atoms with Gasteiger partial charge in [0.05, 0.1) is 6.10 Å². The maximum atomic E-state index is 6.01. The predicted molar refractivity (Wildman–Crippen MR) is 81.1 cm³/mol. The van der Waals surface area contributed by atoms with Crippen molar-refractivity contribution < 1.29 is 4.74 Å². The molecule has 1 aromatic rings. The summed E-state index contributed by atoms with van der Waals surface area (Å²) in [4.78, 5) is 0. The molecule has 0 aromatic carbocycles. The standard InChI is InChI=1S/C14H22BrNOS/c1-10(2)6-16-7-11-4-3-5-17-14(11)12-8-18-9-13(12)15/h8-11,14,16H,3-7H2,1-2H3. The van der Waals surface area contributed by atoms with Crippen molar-refractivity contribution in [3.63, 3.8) is 0 Å². The normalized spacial score (nSPS) is 24.7. The van der Waals surface area contributed by atoms with Crippen molar-refractivity contribution in [2.45, 2.75) is 32.8 Å². The fraction of sp³-hybridized carbons (Fsp3) is 0.714. The minimum Gasteiger partial charge on any atom is -0.373 e. The van der Waals surface area contributed by atoms with Gasteiger partial charge in [-0.05, 0) is 46.6 Å². The Labute approximate surface area is 122 Å². The Morgan fingerprint density at radius 2 is 2.33 bits per heavy atom. The van der Waals surface area contributed by atoms with Gasteiger partial charge in [0.2, 0.25) is 0 Å². The molecule has 1 aliphatic rings. The molecule has 0 saturated carbocycles. The van der Waals surface area contributed by atoms with E-state index in [-0.39, 0.29) is 6.10 Å². The van der Waals surface area contributed by atoms with Crippen LogP contribution < -0.4 is 5.32 Å². The molecule has 2 atom stereocenters. The lowest BCUT2D eigenvalue weighted by molar-refractivity contribution is -0.0280. The Morgan fingerprint density at radius 1 is 1.50 bits per heavy atom. The van der Waals surface area contributed by atoms with Crippen LogP contribution in [0, 0.1) is 11.8 Å². The molecule has 1 N–H and O–H groups in total. The van der Waals surface area contributed by atoms with Crippen LogP contribution in [0.2, 0.25) is 0 Å². The van der Waals surface area contributed by atoms with Crippen LogP contribution in [0.15, 0.2) is 15.2 Å². The van der Waals surface area contributed by atoms with E-state index in [4.69, 9.17) is 4.74 Å². The zero-order valence-electron chi connectivity index (χ0n) is 11.1. The van der Waals surface area contributed by atoms with Crippen molar-refractivity contribution in [2.75, 3.05) is 19.7 Å². The number of rotatable bonds is 5. The molecule has 0 aliphatic carbocycles. The van der Waals surface area contributed by atoms with E-state index < -0.39 is 0 Å². The zero-order chi connectivity index (χ0) is 13.0. The van der Waals surface area contributed by atoms with Crippen molar-refractivity contribution in [1.29, 1.82) is 0 Å². The first-order chi connectivity index (χ1) is 8.68. The number of thiophene rings is 1. The average molecular weight is 332 g/mol. The molecule has 0 amide bonds. The maximum Gasteiger partial charge on any atom is 0.0884 e. The van der Waals surface area contributed by atoms with Gasteiger partial charge in [-0.2, -0.15) is 11.3 Å². The Hall–Kier alpha value is 0.100. The quantitative estimate of drug-likeness (QED) is 0.871. The maximum absolute atomic E-state index is 6.01. The third-order valence-corrected chi connectivity index (χ3v) is 5.10. The molecule has 0 spiro atoms. The third-order valence-electron chi connectivity index (χ3n) is 3.35. The number of nitrogens with one attached hydrogen (secondary N) is 1. The number of hydrogen-bond acceptors (Lipinski definition) is 3. The topological polar surface area (TPSA) is 21.3 Å². The second-order valence-corrected chi connectivity index (χ2v) is 7.02. The highest BCUT2D eigenvalue weighted by Crippen LogP contribution is 2.38. The van der Waals surface area contributed by atoms with Gasteiger partial charge in [-0.3, -0.25) is 0 Å². The van der Waals surface area contributed by atoms with Crippen molar-refractivity contribution in [2.24, 2.45) is 11.8 Å². The van der Waals surface area contributed by atoms with Crippen LogP contribution in [0.3, 0.4) is 0 Å². The van der Waals surface area contributed by atoms with Crippen LogP contribution in [0.5, 0.6) is 0 Å². The molecule has 102 valence electrons. The first-order valence-electron chi connectivity index (χ1n) is 6.72. The van der Waals surface area contributed by atoms with Crippen LogP contribution in [-0.2, 0) is 4.74 Å². The van der Waals surface area contributed by atoms with Gasteiger partial charge in [-0.1, -0.05) is 13.8 Å². The second kappa shape index (κ2) is 7.04. The van der Waals surface area contributed by atoms with E-state index in [1.807, 2.05) is 0 Å². The summed E-state index contributed by atoms with van der Waals surface area (Å²) in [5.74, 6) is 1.31. The molecule has 2 rings (SSSR count). The van der Waals surface area contributed by atoms with Crippen molar-refractivity contribution in [1.82, 2.24) is 5.32 Å². The van der Waals surface area contributed by atoms with Gasteiger partial charge in [-0.25, -0.2) is 0 Å². The van der Waals surface area contributed by atoms with Gasteiger partial charge < -0.3 is 10.1 Å². The summed E-state index contributed by atoms with van der Waals surface area (Å²) in [7, 11) is 0. The van der Waals surface area contributed by atoms with E-state index >= 15 is 0 Å². The molecule has 0 bridgehead atoms. The molecule has 2 nitrogen and oxygen atoms in total. The summed E-state index contributed by atoms with van der Waals surface area (Å²) in [6, 6.07) is 0. The van der Waals surface area contributed by atoms with E-state index in [1.54, 1.807) is 11.3 Å². The van der Waals surface area contributed by atoms with E-state index in [0.717, 1.165) is 19.7 Å². The first kappa shape index (κ1) is 14.5. The number of ether oxygens (including phenoxy) is 1. The van der Waals surface area contributed by atoms with Crippen molar-refractivity contribution >= 4 is 27.3 Å². The lowest BCUT2D eigenvalue weighted by atomic mass is 9.90. The summed E-state index contributed by atoms with van der Waals surface area (Å²) >= 11 is 5.37. The highest BCUT2D eigenvalue weighted by atomic mass is 79.9. The summed E-state index contributed by atoms with van der Waals surface area (Å²) in [6.45, 7) is 7.54. The Balaban J connectivity index is 1.96. The van der Waals surface area contributed by atoms with Crippen LogP contribution in [0.25, 0.3) is 0 Å². The van der Waals surface area contributed by atoms with E-state index in [1.165, 1.54) is 22.9 Å². The lowest BCUT2D eigenvalue weighted by Crippen LogP contribution is -2.33.